The number of hydrogen-bond acceptors (Lipinski definition) is 4. The van der Waals surface area contributed by atoms with Gasteiger partial charge in [0.1, 0.15) is 11.4 Å². The molecule has 0 amide bonds. The molecule has 27 heavy (non-hydrogen) atoms. The predicted molar refractivity (Wildman–Crippen MR) is 103 cm³/mol. The smallest absolute Gasteiger partial charge is 0.354 e. The highest BCUT2D eigenvalue weighted by molar-refractivity contribution is 7.98. The fraction of sp³-hybridized carbons (Fsp3) is 0.211. The minimum Gasteiger partial charge on any atom is -0.508 e. The molecule has 4 rings (SSSR count). The fourth-order valence-corrected chi connectivity index (χ4v) is 4.33. The number of thioether (sulfide) groups is 1. The molecular formula is C19H19N4O3S+. The Hall–Kier alpha value is -3.00. The lowest BCUT2D eigenvalue weighted by Gasteiger charge is -2.05. The molecule has 3 heterocycles. The van der Waals surface area contributed by atoms with Gasteiger partial charge in [0.05, 0.1) is 31.7 Å². The van der Waals surface area contributed by atoms with Crippen LogP contribution < -0.4 is 4.57 Å². The number of pyridine rings is 1. The van der Waals surface area contributed by atoms with E-state index in [0.29, 0.717) is 12.1 Å². The molecule has 0 unspecified atom stereocenters. The van der Waals surface area contributed by atoms with E-state index >= 15 is 0 Å². The SMILES string of the molecule is CSc1c(Cc2nc(C(=O)O)cc3c2[nH]c2ccc(O)cc23)n(C)c[n+]1C. The molecule has 0 fully saturated rings. The Morgan fingerprint density at radius 2 is 2.11 bits per heavy atom. The van der Waals surface area contributed by atoms with Gasteiger partial charge in [0.15, 0.2) is 5.69 Å². The standard InChI is InChI=1S/C19H18N4O3S/c1-22-9-23(2)18(27-3)16(22)8-14-17-12(7-15(20-14)19(25)26)11-6-10(24)4-5-13(11)21-17/h4-7,9H,8H2,1-3H3,(H2-,20,21,24,25,26)/p+1. The number of phenols is 1. The summed E-state index contributed by atoms with van der Waals surface area (Å²) >= 11 is 1.64. The summed E-state index contributed by atoms with van der Waals surface area (Å²) in [6.07, 6.45) is 4.49. The predicted octanol–water partition coefficient (Wildman–Crippen LogP) is 2.60. The first-order valence-electron chi connectivity index (χ1n) is 8.34. The van der Waals surface area contributed by atoms with Gasteiger partial charge >= 0.3 is 5.97 Å². The summed E-state index contributed by atoms with van der Waals surface area (Å²) in [6, 6.07) is 6.58. The van der Waals surface area contributed by atoms with Crippen molar-refractivity contribution in [1.29, 1.82) is 0 Å². The third-order valence-electron chi connectivity index (χ3n) is 4.73. The fourth-order valence-electron chi connectivity index (χ4n) is 3.54. The van der Waals surface area contributed by atoms with Crippen molar-refractivity contribution in [2.75, 3.05) is 6.26 Å². The molecule has 8 heteroatoms. The number of phenolic OH excluding ortho intramolecular Hbond substituents is 1. The van der Waals surface area contributed by atoms with Crippen molar-refractivity contribution in [2.24, 2.45) is 14.1 Å². The number of nitrogens with zero attached hydrogens (tertiary/aromatic N) is 3. The van der Waals surface area contributed by atoms with E-state index in [1.165, 1.54) is 0 Å². The molecular weight excluding hydrogens is 364 g/mol. The van der Waals surface area contributed by atoms with Crippen LogP contribution in [0.25, 0.3) is 21.8 Å². The van der Waals surface area contributed by atoms with E-state index in [-0.39, 0.29) is 11.4 Å². The van der Waals surface area contributed by atoms with Gasteiger partial charge in [-0.25, -0.2) is 18.9 Å². The summed E-state index contributed by atoms with van der Waals surface area (Å²) in [5, 5.41) is 22.0. The largest absolute Gasteiger partial charge is 0.508 e. The number of carboxylic acid groups (broad SMARTS) is 1. The summed E-state index contributed by atoms with van der Waals surface area (Å²) in [5.74, 6) is -0.937. The first-order valence-corrected chi connectivity index (χ1v) is 9.57. The molecule has 0 bridgehead atoms. The van der Waals surface area contributed by atoms with Crippen LogP contribution in [0.4, 0.5) is 0 Å². The number of imidazole rings is 1. The van der Waals surface area contributed by atoms with Crippen LogP contribution in [0.1, 0.15) is 21.9 Å². The number of benzene rings is 1. The molecule has 0 aliphatic rings. The topological polar surface area (TPSA) is 95.0 Å². The Morgan fingerprint density at radius 1 is 1.33 bits per heavy atom. The quantitative estimate of drug-likeness (QED) is 0.372. The first kappa shape index (κ1) is 17.4. The van der Waals surface area contributed by atoms with Crippen LogP contribution in [0, 0.1) is 0 Å². The van der Waals surface area contributed by atoms with Crippen LogP contribution in [0.2, 0.25) is 0 Å². The van der Waals surface area contributed by atoms with Crippen molar-refractivity contribution in [3.63, 3.8) is 0 Å². The van der Waals surface area contributed by atoms with E-state index in [1.807, 2.05) is 35.8 Å². The van der Waals surface area contributed by atoms with E-state index in [9.17, 15) is 15.0 Å². The van der Waals surface area contributed by atoms with Gasteiger partial charge in [-0.15, -0.1) is 0 Å². The van der Waals surface area contributed by atoms with Crippen molar-refractivity contribution in [3.8, 4) is 5.75 Å². The zero-order valence-corrected chi connectivity index (χ0v) is 16.0. The number of aromatic hydroxyl groups is 1. The molecule has 1 aromatic carbocycles. The highest BCUT2D eigenvalue weighted by atomic mass is 32.2. The Balaban J connectivity index is 1.99. The highest BCUT2D eigenvalue weighted by Gasteiger charge is 2.23. The number of carboxylic acids is 1. The van der Waals surface area contributed by atoms with E-state index in [1.54, 1.807) is 36.0 Å². The average Bonchev–Trinajstić information content (AvgIpc) is 3.11. The normalized spacial score (nSPS) is 11.5. The van der Waals surface area contributed by atoms with Gasteiger partial charge in [0.2, 0.25) is 11.4 Å². The monoisotopic (exact) mass is 383 g/mol. The molecule has 0 aliphatic heterocycles. The number of rotatable bonds is 4. The maximum absolute atomic E-state index is 11.6. The molecule has 0 radical (unpaired) electrons. The number of aromatic nitrogens is 4. The van der Waals surface area contributed by atoms with Crippen molar-refractivity contribution in [2.45, 2.75) is 11.4 Å². The summed E-state index contributed by atoms with van der Waals surface area (Å²) in [4.78, 5) is 19.4. The number of H-pyrrole nitrogens is 1. The average molecular weight is 383 g/mol. The van der Waals surface area contributed by atoms with Crippen molar-refractivity contribution >= 4 is 39.5 Å². The van der Waals surface area contributed by atoms with Gasteiger partial charge in [-0.3, -0.25) is 0 Å². The van der Waals surface area contributed by atoms with E-state index < -0.39 is 5.97 Å². The lowest BCUT2D eigenvalue weighted by Crippen LogP contribution is -2.27. The van der Waals surface area contributed by atoms with Crippen LogP contribution in [0.5, 0.6) is 5.75 Å². The van der Waals surface area contributed by atoms with E-state index in [4.69, 9.17) is 0 Å². The Bertz CT molecular complexity index is 1210. The van der Waals surface area contributed by atoms with Crippen LogP contribution in [-0.4, -0.2) is 37.0 Å². The Morgan fingerprint density at radius 3 is 2.81 bits per heavy atom. The van der Waals surface area contributed by atoms with Gasteiger partial charge in [-0.05, 0) is 30.5 Å². The van der Waals surface area contributed by atoms with Gasteiger partial charge in [-0.1, -0.05) is 11.8 Å². The Kier molecular flexibility index (Phi) is 4.07. The molecule has 0 spiro atoms. The van der Waals surface area contributed by atoms with Crippen molar-refractivity contribution in [3.05, 3.63) is 47.7 Å². The number of aromatic carboxylic acids is 1. The molecule has 0 atom stereocenters. The number of fused-ring (bicyclic) bond motifs is 3. The molecule has 0 saturated carbocycles. The van der Waals surface area contributed by atoms with Crippen LogP contribution >= 0.6 is 11.8 Å². The maximum atomic E-state index is 11.6. The summed E-state index contributed by atoms with van der Waals surface area (Å²) in [5.41, 5.74) is 3.33. The Labute approximate surface area is 159 Å². The molecule has 0 aliphatic carbocycles. The molecule has 7 nitrogen and oxygen atoms in total. The van der Waals surface area contributed by atoms with Gasteiger partial charge in [0, 0.05) is 16.3 Å². The summed E-state index contributed by atoms with van der Waals surface area (Å²) in [6.45, 7) is 0. The molecule has 3 N–H and O–H groups in total. The second-order valence-corrected chi connectivity index (χ2v) is 7.30. The number of aromatic amines is 1. The third-order valence-corrected chi connectivity index (χ3v) is 5.64. The number of aryl methyl sites for hydroxylation is 2. The van der Waals surface area contributed by atoms with Crippen LogP contribution in [0.3, 0.4) is 0 Å². The van der Waals surface area contributed by atoms with E-state index in [2.05, 4.69) is 9.97 Å². The minimum atomic E-state index is -1.07. The summed E-state index contributed by atoms with van der Waals surface area (Å²) < 4.78 is 4.07. The van der Waals surface area contributed by atoms with Gasteiger partial charge < -0.3 is 15.2 Å². The number of carbonyl (C=O) groups is 1. The minimum absolute atomic E-state index is 0.00831. The number of hydrogen-bond donors (Lipinski definition) is 3. The van der Waals surface area contributed by atoms with Crippen molar-refractivity contribution in [1.82, 2.24) is 14.5 Å². The second kappa shape index (κ2) is 6.31. The van der Waals surface area contributed by atoms with Gasteiger partial charge in [0.25, 0.3) is 0 Å². The highest BCUT2D eigenvalue weighted by Crippen LogP contribution is 2.31. The van der Waals surface area contributed by atoms with E-state index in [0.717, 1.165) is 32.5 Å². The van der Waals surface area contributed by atoms with Crippen molar-refractivity contribution < 1.29 is 19.6 Å². The maximum Gasteiger partial charge on any atom is 0.354 e. The number of nitrogens with one attached hydrogen (secondary N) is 1. The third kappa shape index (κ3) is 2.82. The molecule has 3 aromatic heterocycles. The molecule has 4 aromatic rings. The molecule has 0 saturated heterocycles. The van der Waals surface area contributed by atoms with Gasteiger partial charge in [-0.2, -0.15) is 0 Å². The lowest BCUT2D eigenvalue weighted by atomic mass is 10.1. The zero-order chi connectivity index (χ0) is 19.3. The first-order chi connectivity index (χ1) is 12.9. The summed E-state index contributed by atoms with van der Waals surface area (Å²) in [7, 11) is 3.95. The molecule has 138 valence electrons. The second-order valence-electron chi connectivity index (χ2n) is 6.51. The van der Waals surface area contributed by atoms with Crippen LogP contribution in [0.15, 0.2) is 35.6 Å². The zero-order valence-electron chi connectivity index (χ0n) is 15.1. The lowest BCUT2D eigenvalue weighted by molar-refractivity contribution is -0.707. The van der Waals surface area contributed by atoms with Crippen LogP contribution in [-0.2, 0) is 20.5 Å².